The summed E-state index contributed by atoms with van der Waals surface area (Å²) in [4.78, 5) is 59.1. The number of aromatic nitrogens is 3. The number of phenolic OH excluding ortho intramolecular Hbond substituents is 1. The molecule has 1 saturated heterocycles. The van der Waals surface area contributed by atoms with Crippen LogP contribution in [-0.2, 0) is 0 Å². The average Bonchev–Trinajstić information content (AvgIpc) is 3.03. The molecule has 0 spiro atoms. The molecule has 1 aliphatic rings. The maximum Gasteiger partial charge on any atom is 0.288 e. The van der Waals surface area contributed by atoms with Crippen LogP contribution in [0.3, 0.4) is 0 Å². The van der Waals surface area contributed by atoms with E-state index in [-0.39, 0.29) is 53.4 Å². The van der Waals surface area contributed by atoms with Gasteiger partial charge >= 0.3 is 0 Å². The number of carbonyl (C=O) groups excluding carboxylic acids is 2. The van der Waals surface area contributed by atoms with Crippen molar-refractivity contribution in [1.29, 1.82) is 0 Å². The number of nitrogens with zero attached hydrogens (tertiary/aromatic N) is 3. The van der Waals surface area contributed by atoms with Crippen molar-refractivity contribution in [2.45, 2.75) is 19.4 Å². The summed E-state index contributed by atoms with van der Waals surface area (Å²) in [5.74, 6) is -0.994. The molecule has 2 amide bonds. The maximum atomic E-state index is 13.4. The number of aromatic amines is 2. The van der Waals surface area contributed by atoms with Gasteiger partial charge in [-0.3, -0.25) is 34.4 Å². The van der Waals surface area contributed by atoms with Gasteiger partial charge in [0.2, 0.25) is 0 Å². The Bertz CT molecular complexity index is 1680. The predicted molar refractivity (Wildman–Crippen MR) is 158 cm³/mol. The Balaban J connectivity index is 1.34. The van der Waals surface area contributed by atoms with E-state index in [1.54, 1.807) is 40.3 Å². The Morgan fingerprint density at radius 2 is 1.50 bits per heavy atom. The van der Waals surface area contributed by atoms with E-state index in [0.29, 0.717) is 25.2 Å². The van der Waals surface area contributed by atoms with Crippen LogP contribution in [-0.4, -0.2) is 68.1 Å². The number of nitrogens with one attached hydrogen (secondary N) is 4. The van der Waals surface area contributed by atoms with E-state index in [1.165, 1.54) is 12.1 Å². The van der Waals surface area contributed by atoms with Gasteiger partial charge in [0.15, 0.2) is 5.75 Å². The summed E-state index contributed by atoms with van der Waals surface area (Å²) in [6.45, 7) is 3.13. The molecule has 0 radical (unpaired) electrons. The molecule has 4 aromatic rings. The van der Waals surface area contributed by atoms with E-state index in [1.807, 2.05) is 37.3 Å². The number of para-hydroxylation sites is 1. The molecule has 1 fully saturated rings. The highest BCUT2D eigenvalue weighted by molar-refractivity contribution is 5.99. The molecule has 2 aromatic heterocycles. The molecule has 0 unspecified atom stereocenters. The van der Waals surface area contributed by atoms with Crippen LogP contribution < -0.4 is 21.8 Å². The van der Waals surface area contributed by atoms with E-state index in [4.69, 9.17) is 0 Å². The smallest absolute Gasteiger partial charge is 0.288 e. The van der Waals surface area contributed by atoms with E-state index in [2.05, 4.69) is 25.8 Å². The topological polar surface area (TPSA) is 164 Å². The maximum absolute atomic E-state index is 13.4. The summed E-state index contributed by atoms with van der Waals surface area (Å²) < 4.78 is 0. The Morgan fingerprint density at radius 1 is 0.857 bits per heavy atom. The lowest BCUT2D eigenvalue weighted by Gasteiger charge is -2.34. The van der Waals surface area contributed by atoms with Gasteiger partial charge in [0.25, 0.3) is 22.9 Å². The minimum absolute atomic E-state index is 0.000669. The highest BCUT2D eigenvalue weighted by Gasteiger charge is 2.28. The minimum atomic E-state index is -0.621. The number of pyridine rings is 1. The lowest BCUT2D eigenvalue weighted by Crippen LogP contribution is -2.50. The van der Waals surface area contributed by atoms with Crippen molar-refractivity contribution >= 4 is 28.9 Å². The molecule has 3 heterocycles. The molecule has 216 valence electrons. The van der Waals surface area contributed by atoms with E-state index in [0.717, 1.165) is 5.56 Å². The van der Waals surface area contributed by atoms with Crippen LogP contribution in [0, 0.1) is 0 Å². The summed E-state index contributed by atoms with van der Waals surface area (Å²) >= 11 is 0. The molecule has 5 N–H and O–H groups in total. The number of hydrogen-bond donors (Lipinski definition) is 5. The van der Waals surface area contributed by atoms with Crippen molar-refractivity contribution in [1.82, 2.24) is 25.0 Å². The molecule has 42 heavy (non-hydrogen) atoms. The number of hydrogen-bond acceptors (Lipinski definition) is 8. The fourth-order valence-electron chi connectivity index (χ4n) is 4.89. The van der Waals surface area contributed by atoms with Gasteiger partial charge in [-0.05, 0) is 36.2 Å². The van der Waals surface area contributed by atoms with Crippen LogP contribution in [0.15, 0.2) is 82.5 Å². The molecule has 0 saturated carbocycles. The Labute approximate surface area is 241 Å². The van der Waals surface area contributed by atoms with Crippen molar-refractivity contribution in [2.24, 2.45) is 0 Å². The first kappa shape index (κ1) is 28.1. The third-order valence-electron chi connectivity index (χ3n) is 7.19. The number of anilines is 3. The van der Waals surface area contributed by atoms with E-state index in [9.17, 15) is 24.3 Å². The fourth-order valence-corrected chi connectivity index (χ4v) is 4.89. The lowest BCUT2D eigenvalue weighted by molar-refractivity contribution is 0.0530. The molecule has 0 bridgehead atoms. The van der Waals surface area contributed by atoms with Gasteiger partial charge in [-0.2, -0.15) is 0 Å². The first-order valence-electron chi connectivity index (χ1n) is 13.6. The Kier molecular flexibility index (Phi) is 8.32. The minimum Gasteiger partial charge on any atom is -0.505 e. The lowest BCUT2D eigenvalue weighted by atomic mass is 10.0. The van der Waals surface area contributed by atoms with Gasteiger partial charge < -0.3 is 25.5 Å². The second-order valence-corrected chi connectivity index (χ2v) is 9.80. The van der Waals surface area contributed by atoms with Crippen molar-refractivity contribution in [3.63, 3.8) is 0 Å². The molecule has 2 aromatic carbocycles. The zero-order valence-electron chi connectivity index (χ0n) is 23.0. The molecule has 1 aliphatic heterocycles. The van der Waals surface area contributed by atoms with Crippen LogP contribution in [0.25, 0.3) is 0 Å². The summed E-state index contributed by atoms with van der Waals surface area (Å²) in [6.07, 6.45) is 2.19. The molecule has 1 atom stereocenters. The van der Waals surface area contributed by atoms with Gasteiger partial charge in [0, 0.05) is 32.4 Å². The number of phenols is 1. The van der Waals surface area contributed by atoms with Crippen LogP contribution in [0.2, 0.25) is 0 Å². The molecule has 12 nitrogen and oxygen atoms in total. The number of H-pyrrole nitrogens is 2. The standard InChI is InChI=1S/C30H31N7O5/c1-2-21(19-9-4-3-5-10-19)32-24-25(28(40)35-34-27(24)39)33-22-13-8-11-20(26(22)38)29(41)36-15-17-37(18-16-36)30(42)23-12-6-7-14-31-23/h3-14,21,38H,2,15-18H2,1H3,(H2,32,35,40)(H2,33,34,39)/t21-/m1/s1. The summed E-state index contributed by atoms with van der Waals surface area (Å²) in [5.41, 5.74) is 0.0945. The second kappa shape index (κ2) is 12.4. The van der Waals surface area contributed by atoms with Crippen molar-refractivity contribution in [3.8, 4) is 5.75 Å². The van der Waals surface area contributed by atoms with E-state index >= 15 is 0 Å². The normalized spacial score (nSPS) is 13.8. The Morgan fingerprint density at radius 3 is 2.14 bits per heavy atom. The fraction of sp³-hybridized carbons (Fsp3) is 0.233. The number of aromatic hydroxyl groups is 1. The molecular weight excluding hydrogens is 538 g/mol. The van der Waals surface area contributed by atoms with Crippen molar-refractivity contribution in [3.05, 3.63) is 110 Å². The average molecular weight is 570 g/mol. The van der Waals surface area contributed by atoms with E-state index < -0.39 is 17.0 Å². The van der Waals surface area contributed by atoms with Crippen LogP contribution >= 0.6 is 0 Å². The zero-order chi connectivity index (χ0) is 29.6. The number of rotatable bonds is 8. The highest BCUT2D eigenvalue weighted by Crippen LogP contribution is 2.33. The van der Waals surface area contributed by atoms with Gasteiger partial charge in [-0.1, -0.05) is 49.4 Å². The first-order chi connectivity index (χ1) is 20.4. The molecule has 5 rings (SSSR count). The molecule has 0 aliphatic carbocycles. The summed E-state index contributed by atoms with van der Waals surface area (Å²) in [6, 6.07) is 18.9. The van der Waals surface area contributed by atoms with Crippen LogP contribution in [0.4, 0.5) is 17.1 Å². The summed E-state index contributed by atoms with van der Waals surface area (Å²) in [5, 5.41) is 21.8. The summed E-state index contributed by atoms with van der Waals surface area (Å²) in [7, 11) is 0. The van der Waals surface area contributed by atoms with Gasteiger partial charge in [-0.15, -0.1) is 0 Å². The third-order valence-corrected chi connectivity index (χ3v) is 7.19. The van der Waals surface area contributed by atoms with Gasteiger partial charge in [0.1, 0.15) is 17.1 Å². The predicted octanol–water partition coefficient (Wildman–Crippen LogP) is 3.07. The Hall–Kier alpha value is -5.39. The number of piperazine rings is 1. The highest BCUT2D eigenvalue weighted by atomic mass is 16.3. The third kappa shape index (κ3) is 5.87. The zero-order valence-corrected chi connectivity index (χ0v) is 23.0. The van der Waals surface area contributed by atoms with Crippen molar-refractivity contribution in [2.75, 3.05) is 36.8 Å². The molecular formula is C30H31N7O5. The van der Waals surface area contributed by atoms with Crippen LogP contribution in [0.1, 0.15) is 45.8 Å². The number of carbonyl (C=O) groups is 2. The second-order valence-electron chi connectivity index (χ2n) is 9.80. The van der Waals surface area contributed by atoms with Gasteiger partial charge in [-0.25, -0.2) is 0 Å². The molecule has 12 heteroatoms. The quantitative estimate of drug-likeness (QED) is 0.202. The first-order valence-corrected chi connectivity index (χ1v) is 13.6. The largest absolute Gasteiger partial charge is 0.505 e. The number of amides is 2. The number of benzene rings is 2. The SMILES string of the molecule is CC[C@@H](Nc1c(Nc2cccc(C(=O)N3CCN(C(=O)c4ccccn4)CC3)c2O)c(=O)[nH][nH]c1=O)c1ccccc1. The van der Waals surface area contributed by atoms with Crippen LogP contribution in [0.5, 0.6) is 5.75 Å². The van der Waals surface area contributed by atoms with Crippen molar-refractivity contribution < 1.29 is 14.7 Å². The monoisotopic (exact) mass is 569 g/mol. The van der Waals surface area contributed by atoms with Gasteiger partial charge in [0.05, 0.1) is 17.3 Å².